The van der Waals surface area contributed by atoms with Gasteiger partial charge < -0.3 is 9.84 Å². The average molecular weight is 373 g/mol. The van der Waals surface area contributed by atoms with Crippen molar-refractivity contribution in [1.82, 2.24) is 9.88 Å². The van der Waals surface area contributed by atoms with Crippen LogP contribution in [0.5, 0.6) is 0 Å². The van der Waals surface area contributed by atoms with Crippen LogP contribution in [0.4, 0.5) is 4.79 Å². The van der Waals surface area contributed by atoms with Gasteiger partial charge in [-0.2, -0.15) is 0 Å². The molecular formula is C15H21BrN2O4. The van der Waals surface area contributed by atoms with E-state index in [4.69, 9.17) is 4.74 Å². The number of hydrogen-bond acceptors (Lipinski definition) is 4. The van der Waals surface area contributed by atoms with Crippen molar-refractivity contribution in [3.8, 4) is 0 Å². The van der Waals surface area contributed by atoms with Gasteiger partial charge in [-0.1, -0.05) is 0 Å². The summed E-state index contributed by atoms with van der Waals surface area (Å²) in [4.78, 5) is 29.4. The zero-order valence-electron chi connectivity index (χ0n) is 13.3. The third-order valence-corrected chi connectivity index (χ3v) is 3.17. The van der Waals surface area contributed by atoms with Gasteiger partial charge in [-0.3, -0.25) is 9.88 Å². The lowest BCUT2D eigenvalue weighted by Crippen LogP contribution is -2.46. The molecule has 7 heteroatoms. The number of carboxylic acids is 1. The van der Waals surface area contributed by atoms with Gasteiger partial charge in [0.05, 0.1) is 5.69 Å². The van der Waals surface area contributed by atoms with Crippen LogP contribution in [-0.2, 0) is 9.53 Å². The van der Waals surface area contributed by atoms with Crippen molar-refractivity contribution in [2.75, 3.05) is 0 Å². The maximum absolute atomic E-state index is 12.4. The first kappa shape index (κ1) is 18.4. The maximum Gasteiger partial charge on any atom is 0.411 e. The van der Waals surface area contributed by atoms with Crippen LogP contribution in [0.2, 0.25) is 0 Å². The summed E-state index contributed by atoms with van der Waals surface area (Å²) >= 11 is 3.25. The monoisotopic (exact) mass is 372 g/mol. The summed E-state index contributed by atoms with van der Waals surface area (Å²) in [5.74, 6) is -1.16. The molecule has 0 aliphatic heterocycles. The normalized spacial score (nSPS) is 12.9. The van der Waals surface area contributed by atoms with Crippen LogP contribution in [0.15, 0.2) is 22.8 Å². The van der Waals surface area contributed by atoms with E-state index in [2.05, 4.69) is 20.9 Å². The average Bonchev–Trinajstić information content (AvgIpc) is 2.33. The molecule has 1 N–H and O–H groups in total. The highest BCUT2D eigenvalue weighted by Gasteiger charge is 2.36. The van der Waals surface area contributed by atoms with Crippen molar-refractivity contribution in [1.29, 1.82) is 0 Å². The Morgan fingerprint density at radius 2 is 1.91 bits per heavy atom. The number of aliphatic carboxylic acids is 1. The molecular weight excluding hydrogens is 352 g/mol. The lowest BCUT2D eigenvalue weighted by molar-refractivity contribution is -0.144. The topological polar surface area (TPSA) is 79.7 Å². The van der Waals surface area contributed by atoms with Gasteiger partial charge in [0.1, 0.15) is 5.60 Å². The smallest absolute Gasteiger partial charge is 0.411 e. The van der Waals surface area contributed by atoms with E-state index in [0.29, 0.717) is 0 Å². The van der Waals surface area contributed by atoms with Gasteiger partial charge >= 0.3 is 12.1 Å². The molecule has 0 fully saturated rings. The Balaban J connectivity index is 3.21. The van der Waals surface area contributed by atoms with E-state index in [0.717, 1.165) is 4.47 Å². The molecule has 1 aromatic heterocycles. The Kier molecular flexibility index (Phi) is 5.93. The zero-order valence-corrected chi connectivity index (χ0v) is 14.9. The maximum atomic E-state index is 12.4. The number of aromatic nitrogens is 1. The molecule has 1 aromatic rings. The second kappa shape index (κ2) is 7.09. The number of hydrogen-bond donors (Lipinski definition) is 1. The first-order valence-corrected chi connectivity index (χ1v) is 7.68. The molecule has 0 bridgehead atoms. The van der Waals surface area contributed by atoms with Crippen LogP contribution >= 0.6 is 15.9 Å². The molecule has 0 radical (unpaired) electrons. The van der Waals surface area contributed by atoms with E-state index in [9.17, 15) is 14.7 Å². The van der Waals surface area contributed by atoms with E-state index in [-0.39, 0.29) is 11.7 Å². The van der Waals surface area contributed by atoms with Crippen LogP contribution in [-0.4, -0.2) is 38.7 Å². The van der Waals surface area contributed by atoms with E-state index in [1.165, 1.54) is 11.1 Å². The number of carbonyl (C=O) groups is 2. The number of nitrogens with zero attached hydrogens (tertiary/aromatic N) is 2. The molecule has 1 unspecified atom stereocenters. The molecule has 1 atom stereocenters. The molecule has 0 saturated carbocycles. The van der Waals surface area contributed by atoms with Crippen molar-refractivity contribution in [2.45, 2.75) is 52.3 Å². The summed E-state index contributed by atoms with van der Waals surface area (Å²) in [6.45, 7) is 8.67. The predicted octanol–water partition coefficient (Wildman–Crippen LogP) is 3.62. The van der Waals surface area contributed by atoms with Gasteiger partial charge in [0, 0.05) is 16.7 Å². The van der Waals surface area contributed by atoms with Crippen molar-refractivity contribution in [2.24, 2.45) is 0 Å². The van der Waals surface area contributed by atoms with Crippen molar-refractivity contribution in [3.63, 3.8) is 0 Å². The molecule has 1 rings (SSSR count). The number of pyridine rings is 1. The summed E-state index contributed by atoms with van der Waals surface area (Å²) in [7, 11) is 0. The van der Waals surface area contributed by atoms with E-state index >= 15 is 0 Å². The second-order valence-electron chi connectivity index (χ2n) is 6.12. The Morgan fingerprint density at radius 3 is 2.27 bits per heavy atom. The quantitative estimate of drug-likeness (QED) is 0.872. The van der Waals surface area contributed by atoms with Gasteiger partial charge in [-0.15, -0.1) is 0 Å². The highest BCUT2D eigenvalue weighted by molar-refractivity contribution is 9.10. The standard InChI is InChI=1S/C15H21BrN2O4/c1-9(2)18(14(21)22-15(3,4)5)12(13(19)20)11-7-6-10(16)8-17-11/h6-9,12H,1-5H3,(H,19,20). The van der Waals surface area contributed by atoms with Gasteiger partial charge in [0.2, 0.25) is 0 Å². The summed E-state index contributed by atoms with van der Waals surface area (Å²) in [6.07, 6.45) is 0.818. The molecule has 0 aliphatic carbocycles. The Bertz CT molecular complexity index is 537. The Hall–Kier alpha value is -1.63. The molecule has 0 aromatic carbocycles. The minimum Gasteiger partial charge on any atom is -0.479 e. The van der Waals surface area contributed by atoms with Crippen LogP contribution in [0, 0.1) is 0 Å². The summed E-state index contributed by atoms with van der Waals surface area (Å²) in [5, 5.41) is 9.56. The molecule has 0 spiro atoms. The van der Waals surface area contributed by atoms with Gasteiger partial charge in [0.25, 0.3) is 0 Å². The molecule has 0 aliphatic rings. The van der Waals surface area contributed by atoms with E-state index < -0.39 is 23.7 Å². The van der Waals surface area contributed by atoms with E-state index in [1.54, 1.807) is 46.8 Å². The fourth-order valence-corrected chi connectivity index (χ4v) is 2.10. The Labute approximate surface area is 138 Å². The lowest BCUT2D eigenvalue weighted by atomic mass is 10.1. The largest absolute Gasteiger partial charge is 0.479 e. The van der Waals surface area contributed by atoms with E-state index in [1.807, 2.05) is 0 Å². The Morgan fingerprint density at radius 1 is 1.32 bits per heavy atom. The van der Waals surface area contributed by atoms with Gasteiger partial charge in [0.15, 0.2) is 6.04 Å². The fraction of sp³-hybridized carbons (Fsp3) is 0.533. The van der Waals surface area contributed by atoms with Gasteiger partial charge in [-0.05, 0) is 62.7 Å². The predicted molar refractivity (Wildman–Crippen MR) is 85.5 cm³/mol. The summed E-state index contributed by atoms with van der Waals surface area (Å²) in [6, 6.07) is 1.69. The zero-order chi connectivity index (χ0) is 17.1. The molecule has 1 amide bonds. The molecule has 122 valence electrons. The van der Waals surface area contributed by atoms with Crippen LogP contribution < -0.4 is 0 Å². The highest BCUT2D eigenvalue weighted by Crippen LogP contribution is 2.25. The summed E-state index contributed by atoms with van der Waals surface area (Å²) in [5.41, 5.74) is -0.435. The highest BCUT2D eigenvalue weighted by atomic mass is 79.9. The summed E-state index contributed by atoms with van der Waals surface area (Å²) < 4.78 is 6.05. The number of ether oxygens (including phenoxy) is 1. The van der Waals surface area contributed by atoms with Crippen LogP contribution in [0.1, 0.15) is 46.4 Å². The third-order valence-electron chi connectivity index (χ3n) is 2.70. The van der Waals surface area contributed by atoms with Crippen molar-refractivity contribution < 1.29 is 19.4 Å². The number of amides is 1. The van der Waals surface area contributed by atoms with Crippen molar-refractivity contribution >= 4 is 28.0 Å². The molecule has 0 saturated heterocycles. The molecule has 1 heterocycles. The third kappa shape index (κ3) is 4.98. The number of rotatable bonds is 4. The SMILES string of the molecule is CC(C)N(C(=O)OC(C)(C)C)C(C(=O)O)c1ccc(Br)cn1. The second-order valence-corrected chi connectivity index (χ2v) is 7.04. The number of halogens is 1. The molecule has 6 nitrogen and oxygen atoms in total. The molecule has 22 heavy (non-hydrogen) atoms. The van der Waals surface area contributed by atoms with Gasteiger partial charge in [-0.25, -0.2) is 9.59 Å². The van der Waals surface area contributed by atoms with Crippen LogP contribution in [0.3, 0.4) is 0 Å². The minimum atomic E-state index is -1.21. The lowest BCUT2D eigenvalue weighted by Gasteiger charge is -2.33. The first-order valence-electron chi connectivity index (χ1n) is 6.88. The first-order chi connectivity index (χ1) is 10.0. The van der Waals surface area contributed by atoms with Crippen LogP contribution in [0.25, 0.3) is 0 Å². The minimum absolute atomic E-state index is 0.273. The fourth-order valence-electron chi connectivity index (χ4n) is 1.87. The number of carboxylic acid groups (broad SMARTS) is 1. The van der Waals surface area contributed by atoms with Crippen molar-refractivity contribution in [3.05, 3.63) is 28.5 Å². The number of carbonyl (C=O) groups excluding carboxylic acids is 1.